The predicted molar refractivity (Wildman–Crippen MR) is 158 cm³/mol. The fourth-order valence-electron chi connectivity index (χ4n) is 5.22. The zero-order valence-corrected chi connectivity index (χ0v) is 25.7. The van der Waals surface area contributed by atoms with E-state index in [9.17, 15) is 8.42 Å². The Hall–Kier alpha value is 0.0400. The molecule has 0 aromatic carbocycles. The average molecular weight is 537 g/mol. The molecule has 0 atom stereocenters. The summed E-state index contributed by atoms with van der Waals surface area (Å²) in [6, 6.07) is 0. The first kappa shape index (κ1) is 35.0. The molecule has 0 unspecified atom stereocenters. The van der Waals surface area contributed by atoms with Crippen molar-refractivity contribution in [2.45, 2.75) is 143 Å². The summed E-state index contributed by atoms with van der Waals surface area (Å²) in [5.74, 6) is 0. The SMILES string of the molecule is C=CCP(CCCCCC)(CCCCCC)(CCCCCC)OS(=O)(=O)OCCCCCCCC. The van der Waals surface area contributed by atoms with Gasteiger partial charge in [0, 0.05) is 0 Å². The van der Waals surface area contributed by atoms with Crippen LogP contribution < -0.4 is 0 Å². The molecule has 0 spiro atoms. The van der Waals surface area contributed by atoms with Crippen molar-refractivity contribution in [3.63, 3.8) is 0 Å². The van der Waals surface area contributed by atoms with Gasteiger partial charge in [0.1, 0.15) is 0 Å². The van der Waals surface area contributed by atoms with Crippen LogP contribution in [0.3, 0.4) is 0 Å². The average Bonchev–Trinajstić information content (AvgIpc) is 2.82. The molecular weight excluding hydrogens is 475 g/mol. The van der Waals surface area contributed by atoms with Crippen LogP contribution in [0.5, 0.6) is 0 Å². The van der Waals surface area contributed by atoms with Gasteiger partial charge in [0.15, 0.2) is 0 Å². The molecule has 0 heterocycles. The van der Waals surface area contributed by atoms with Crippen LogP contribution in [-0.2, 0) is 18.6 Å². The summed E-state index contributed by atoms with van der Waals surface area (Å²) in [6.45, 7) is 10.1. The topological polar surface area (TPSA) is 52.6 Å². The summed E-state index contributed by atoms with van der Waals surface area (Å²) in [5, 5.41) is 0. The summed E-state index contributed by atoms with van der Waals surface area (Å²) in [4.78, 5) is 0. The molecule has 0 rings (SSSR count). The number of rotatable bonds is 27. The number of allylic oxidation sites excluding steroid dienone is 1. The fourth-order valence-corrected chi connectivity index (χ4v) is 13.9. The standard InChI is InChI=1S/C29H61O4PS/c1-6-11-15-19-20-21-25-32-35(30,31)33-34(26-10-5,27-22-16-12-7-2,28-23-17-13-8-3)29-24-18-14-9-4/h10H,5-9,11-29H2,1-4H3. The zero-order valence-electron chi connectivity index (χ0n) is 24.0. The summed E-state index contributed by atoms with van der Waals surface area (Å²) in [6.07, 6.45) is 25.5. The Morgan fingerprint density at radius 1 is 0.600 bits per heavy atom. The monoisotopic (exact) mass is 536 g/mol. The van der Waals surface area contributed by atoms with Gasteiger partial charge in [0.05, 0.1) is 0 Å². The number of hydrogen-bond donors (Lipinski definition) is 0. The molecule has 35 heavy (non-hydrogen) atoms. The van der Waals surface area contributed by atoms with Gasteiger partial charge in [-0.3, -0.25) is 0 Å². The Morgan fingerprint density at radius 2 is 0.971 bits per heavy atom. The number of hydrogen-bond acceptors (Lipinski definition) is 4. The van der Waals surface area contributed by atoms with E-state index in [2.05, 4.69) is 34.3 Å². The van der Waals surface area contributed by atoms with Gasteiger partial charge in [-0.1, -0.05) is 0 Å². The molecule has 0 aliphatic carbocycles. The Labute approximate surface area is 220 Å². The van der Waals surface area contributed by atoms with Crippen LogP contribution in [0.1, 0.15) is 143 Å². The summed E-state index contributed by atoms with van der Waals surface area (Å²) >= 11 is 0. The van der Waals surface area contributed by atoms with Gasteiger partial charge in [-0.15, -0.1) is 0 Å². The van der Waals surface area contributed by atoms with E-state index in [4.69, 9.17) is 8.15 Å². The second-order valence-corrected chi connectivity index (χ2v) is 17.8. The third kappa shape index (κ3) is 16.5. The minimum atomic E-state index is -4.04. The van der Waals surface area contributed by atoms with Crippen LogP contribution >= 0.6 is 6.83 Å². The Balaban J connectivity index is 5.66. The van der Waals surface area contributed by atoms with Crippen molar-refractivity contribution in [2.75, 3.05) is 31.3 Å². The first-order valence-electron chi connectivity index (χ1n) is 15.0. The van der Waals surface area contributed by atoms with E-state index < -0.39 is 17.2 Å². The quantitative estimate of drug-likeness (QED) is 0.0595. The first-order chi connectivity index (χ1) is 16.8. The van der Waals surface area contributed by atoms with Gasteiger partial charge in [0.25, 0.3) is 0 Å². The molecule has 4 nitrogen and oxygen atoms in total. The van der Waals surface area contributed by atoms with Gasteiger partial charge in [-0.2, -0.15) is 0 Å². The molecule has 0 fully saturated rings. The van der Waals surface area contributed by atoms with E-state index in [1.54, 1.807) is 0 Å². The molecule has 212 valence electrons. The summed E-state index contributed by atoms with van der Waals surface area (Å²) in [7, 11) is -4.04. The third-order valence-corrected chi connectivity index (χ3v) is 15.7. The van der Waals surface area contributed by atoms with Gasteiger partial charge < -0.3 is 0 Å². The van der Waals surface area contributed by atoms with E-state index in [1.807, 2.05) is 6.08 Å². The van der Waals surface area contributed by atoms with Crippen molar-refractivity contribution in [3.8, 4) is 0 Å². The second kappa shape index (κ2) is 21.0. The maximum absolute atomic E-state index is 13.3. The normalized spacial score (nSPS) is 13.5. The molecule has 0 bridgehead atoms. The fraction of sp³-hybridized carbons (Fsp3) is 0.931. The van der Waals surface area contributed by atoms with Crippen LogP contribution in [0, 0.1) is 0 Å². The summed E-state index contributed by atoms with van der Waals surface area (Å²) in [5.41, 5.74) is 0. The van der Waals surface area contributed by atoms with Gasteiger partial charge in [0.2, 0.25) is 0 Å². The van der Waals surface area contributed by atoms with E-state index >= 15 is 0 Å². The van der Waals surface area contributed by atoms with Crippen molar-refractivity contribution < 1.29 is 16.6 Å². The van der Waals surface area contributed by atoms with Crippen LogP contribution in [0.4, 0.5) is 0 Å². The van der Waals surface area contributed by atoms with Crippen LogP contribution in [0.2, 0.25) is 0 Å². The van der Waals surface area contributed by atoms with Crippen LogP contribution in [0.15, 0.2) is 12.7 Å². The molecule has 0 N–H and O–H groups in total. The van der Waals surface area contributed by atoms with Crippen molar-refractivity contribution in [2.24, 2.45) is 0 Å². The van der Waals surface area contributed by atoms with Crippen molar-refractivity contribution >= 4 is 17.2 Å². The van der Waals surface area contributed by atoms with Crippen molar-refractivity contribution in [3.05, 3.63) is 12.7 Å². The van der Waals surface area contributed by atoms with E-state index in [0.29, 0.717) is 6.16 Å². The molecule has 0 aliphatic rings. The molecule has 0 radical (unpaired) electrons. The van der Waals surface area contributed by atoms with Gasteiger partial charge in [-0.25, -0.2) is 0 Å². The predicted octanol–water partition coefficient (Wildman–Crippen LogP) is 10.0. The van der Waals surface area contributed by atoms with Crippen LogP contribution in [0.25, 0.3) is 0 Å². The van der Waals surface area contributed by atoms with Gasteiger partial charge in [-0.05, 0) is 0 Å². The molecule has 0 aromatic heterocycles. The van der Waals surface area contributed by atoms with Crippen LogP contribution in [-0.4, -0.2) is 39.7 Å². The molecule has 0 saturated heterocycles. The van der Waals surface area contributed by atoms with Crippen molar-refractivity contribution in [1.29, 1.82) is 0 Å². The van der Waals surface area contributed by atoms with Gasteiger partial charge >= 0.3 is 221 Å². The Bertz CT molecular complexity index is 572. The molecule has 0 amide bonds. The number of unbranched alkanes of at least 4 members (excludes halogenated alkanes) is 14. The summed E-state index contributed by atoms with van der Waals surface area (Å²) < 4.78 is 38.5. The molecule has 0 aromatic rings. The second-order valence-electron chi connectivity index (χ2n) is 10.8. The molecule has 0 saturated carbocycles. The minimum absolute atomic E-state index is 0.233. The molecule has 0 aliphatic heterocycles. The molecule has 6 heteroatoms. The Morgan fingerprint density at radius 3 is 1.37 bits per heavy atom. The van der Waals surface area contributed by atoms with E-state index in [-0.39, 0.29) is 6.61 Å². The molecular formula is C29H61O4PS. The first-order valence-corrected chi connectivity index (χ1v) is 19.3. The van der Waals surface area contributed by atoms with E-state index in [0.717, 1.165) is 76.3 Å². The third-order valence-electron chi connectivity index (χ3n) is 7.35. The maximum atomic E-state index is 13.3. The zero-order chi connectivity index (χ0) is 26.3. The Kier molecular flexibility index (Phi) is 21.0. The van der Waals surface area contributed by atoms with E-state index in [1.165, 1.54) is 57.8 Å². The van der Waals surface area contributed by atoms with Crippen molar-refractivity contribution in [1.82, 2.24) is 0 Å².